The number of rotatable bonds is 0. The highest BCUT2D eigenvalue weighted by molar-refractivity contribution is 6.01. The Kier molecular flexibility index (Phi) is 3.07. The number of hydrogen-bond acceptors (Lipinski definition) is 6. The van der Waals surface area contributed by atoms with Crippen LogP contribution >= 0.6 is 0 Å². The lowest BCUT2D eigenvalue weighted by Crippen LogP contribution is -2.26. The monoisotopic (exact) mass is 412 g/mol. The van der Waals surface area contributed by atoms with Crippen LogP contribution in [0.15, 0.2) is 60.7 Å². The van der Waals surface area contributed by atoms with E-state index in [1.54, 1.807) is 6.07 Å². The summed E-state index contributed by atoms with van der Waals surface area (Å²) in [5.41, 5.74) is 2.86. The topological polar surface area (TPSA) is 121 Å². The fourth-order valence-electron chi connectivity index (χ4n) is 5.38. The van der Waals surface area contributed by atoms with Gasteiger partial charge in [-0.15, -0.1) is 0 Å². The van der Waals surface area contributed by atoms with Crippen LogP contribution in [-0.2, 0) is 5.41 Å². The SMILES string of the molecule is Oc1ccc2c(c1O)-c1c(O)c(O)c(O)c(O)c1C21c2ccccc2-c2ccccc21. The van der Waals surface area contributed by atoms with Crippen molar-refractivity contribution in [2.75, 3.05) is 0 Å². The maximum absolute atomic E-state index is 11.1. The molecule has 31 heavy (non-hydrogen) atoms. The Labute approximate surface area is 176 Å². The van der Waals surface area contributed by atoms with Crippen molar-refractivity contribution < 1.29 is 30.6 Å². The number of aromatic hydroxyl groups is 6. The quantitative estimate of drug-likeness (QED) is 0.164. The van der Waals surface area contributed by atoms with Crippen LogP contribution < -0.4 is 0 Å². The number of phenols is 6. The van der Waals surface area contributed by atoms with Crippen LogP contribution in [0.2, 0.25) is 0 Å². The maximum atomic E-state index is 11.1. The molecule has 6 rings (SSSR count). The van der Waals surface area contributed by atoms with Crippen LogP contribution in [0.1, 0.15) is 22.3 Å². The first-order valence-corrected chi connectivity index (χ1v) is 9.66. The zero-order valence-electron chi connectivity index (χ0n) is 16.0. The van der Waals surface area contributed by atoms with Crippen molar-refractivity contribution in [2.45, 2.75) is 5.41 Å². The third-order valence-corrected chi connectivity index (χ3v) is 6.53. The van der Waals surface area contributed by atoms with Crippen molar-refractivity contribution in [1.29, 1.82) is 0 Å². The van der Waals surface area contributed by atoms with Gasteiger partial charge < -0.3 is 30.6 Å². The highest BCUT2D eigenvalue weighted by atomic mass is 16.3. The van der Waals surface area contributed by atoms with Crippen LogP contribution in [-0.4, -0.2) is 30.6 Å². The van der Waals surface area contributed by atoms with Crippen LogP contribution in [0.25, 0.3) is 22.3 Å². The van der Waals surface area contributed by atoms with Gasteiger partial charge in [0, 0.05) is 16.7 Å². The summed E-state index contributed by atoms with van der Waals surface area (Å²) in [6.45, 7) is 0. The van der Waals surface area contributed by atoms with Crippen molar-refractivity contribution in [2.24, 2.45) is 0 Å². The van der Waals surface area contributed by atoms with Crippen molar-refractivity contribution >= 4 is 0 Å². The van der Waals surface area contributed by atoms with Crippen LogP contribution in [0.4, 0.5) is 0 Å². The molecule has 6 N–H and O–H groups in total. The van der Waals surface area contributed by atoms with Gasteiger partial charge in [-0.05, 0) is 33.9 Å². The highest BCUT2D eigenvalue weighted by Gasteiger charge is 2.56. The van der Waals surface area contributed by atoms with E-state index in [1.165, 1.54) is 6.07 Å². The van der Waals surface area contributed by atoms with E-state index in [1.807, 2.05) is 48.5 Å². The normalized spacial score (nSPS) is 14.2. The van der Waals surface area contributed by atoms with Crippen molar-refractivity contribution in [3.8, 4) is 56.8 Å². The molecule has 2 aliphatic rings. The minimum Gasteiger partial charge on any atom is -0.504 e. The van der Waals surface area contributed by atoms with E-state index in [9.17, 15) is 30.6 Å². The summed E-state index contributed by atoms with van der Waals surface area (Å²) < 4.78 is 0. The maximum Gasteiger partial charge on any atom is 0.204 e. The Morgan fingerprint density at radius 1 is 0.452 bits per heavy atom. The molecule has 0 amide bonds. The second-order valence-electron chi connectivity index (χ2n) is 7.84. The lowest BCUT2D eigenvalue weighted by atomic mass is 9.70. The van der Waals surface area contributed by atoms with Gasteiger partial charge in [-0.2, -0.15) is 0 Å². The lowest BCUT2D eigenvalue weighted by Gasteiger charge is -2.31. The van der Waals surface area contributed by atoms with E-state index in [0.29, 0.717) is 5.56 Å². The van der Waals surface area contributed by atoms with Crippen LogP contribution in [0.5, 0.6) is 34.5 Å². The first kappa shape index (κ1) is 17.5. The third kappa shape index (κ3) is 1.75. The van der Waals surface area contributed by atoms with Gasteiger partial charge in [-0.25, -0.2) is 0 Å². The molecule has 0 unspecified atom stereocenters. The molecule has 4 aromatic rings. The molecule has 4 aromatic carbocycles. The van der Waals surface area contributed by atoms with E-state index in [-0.39, 0.29) is 16.7 Å². The molecule has 1 spiro atoms. The lowest BCUT2D eigenvalue weighted by molar-refractivity contribution is 0.343. The molecule has 0 aliphatic heterocycles. The largest absolute Gasteiger partial charge is 0.504 e. The second kappa shape index (κ2) is 5.43. The van der Waals surface area contributed by atoms with E-state index in [4.69, 9.17) is 0 Å². The van der Waals surface area contributed by atoms with Gasteiger partial charge in [0.15, 0.2) is 23.0 Å². The number of hydrogen-bond donors (Lipinski definition) is 6. The zero-order chi connectivity index (χ0) is 21.7. The predicted molar refractivity (Wildman–Crippen MR) is 113 cm³/mol. The summed E-state index contributed by atoms with van der Waals surface area (Å²) in [5, 5.41) is 63.6. The van der Waals surface area contributed by atoms with Gasteiger partial charge in [-0.1, -0.05) is 54.6 Å². The van der Waals surface area contributed by atoms with Gasteiger partial charge >= 0.3 is 0 Å². The average Bonchev–Trinajstić information content (AvgIpc) is 3.26. The minimum atomic E-state index is -1.18. The Morgan fingerprint density at radius 2 is 1.00 bits per heavy atom. The molecule has 0 saturated heterocycles. The number of phenolic OH excluding ortho intramolecular Hbond substituents is 6. The standard InChI is InChI=1S/C25H16O6/c26-16-10-9-15-17(20(16)27)18-19(22(29)24(31)23(30)21(18)28)25(15)13-7-3-1-5-11(13)12-6-2-4-8-14(12)25/h1-10,26-31H. The summed E-state index contributed by atoms with van der Waals surface area (Å²) >= 11 is 0. The van der Waals surface area contributed by atoms with Crippen molar-refractivity contribution in [3.05, 3.63) is 82.9 Å². The van der Waals surface area contributed by atoms with Gasteiger partial charge in [0.2, 0.25) is 11.5 Å². The fraction of sp³-hybridized carbons (Fsp3) is 0.0400. The summed E-state index contributed by atoms with van der Waals surface area (Å²) in [4.78, 5) is 0. The molecule has 0 bridgehead atoms. The first-order chi connectivity index (χ1) is 14.9. The van der Waals surface area contributed by atoms with Gasteiger partial charge in [0.05, 0.1) is 5.41 Å². The predicted octanol–water partition coefficient (Wildman–Crippen LogP) is 4.26. The number of benzene rings is 4. The molecule has 152 valence electrons. The van der Waals surface area contributed by atoms with Gasteiger partial charge in [0.25, 0.3) is 0 Å². The highest BCUT2D eigenvalue weighted by Crippen LogP contribution is 2.70. The first-order valence-electron chi connectivity index (χ1n) is 9.66. The summed E-state index contributed by atoms with van der Waals surface area (Å²) in [5.74, 6) is -3.95. The summed E-state index contributed by atoms with van der Waals surface area (Å²) in [6, 6.07) is 18.1. The Balaban J connectivity index is 1.94. The van der Waals surface area contributed by atoms with Crippen molar-refractivity contribution in [3.63, 3.8) is 0 Å². The van der Waals surface area contributed by atoms with Crippen LogP contribution in [0.3, 0.4) is 0 Å². The summed E-state index contributed by atoms with van der Waals surface area (Å²) in [6.07, 6.45) is 0. The van der Waals surface area contributed by atoms with E-state index in [2.05, 4.69) is 0 Å². The summed E-state index contributed by atoms with van der Waals surface area (Å²) in [7, 11) is 0. The Morgan fingerprint density at radius 3 is 1.61 bits per heavy atom. The molecule has 0 heterocycles. The smallest absolute Gasteiger partial charge is 0.204 e. The second-order valence-corrected chi connectivity index (χ2v) is 7.84. The molecule has 6 nitrogen and oxygen atoms in total. The molecule has 0 saturated carbocycles. The van der Waals surface area contributed by atoms with Crippen molar-refractivity contribution in [1.82, 2.24) is 0 Å². The molecule has 2 aliphatic carbocycles. The van der Waals surface area contributed by atoms with Crippen LogP contribution in [0, 0.1) is 0 Å². The Bertz CT molecular complexity index is 1410. The fourth-order valence-corrected chi connectivity index (χ4v) is 5.38. The molecule has 0 fully saturated rings. The molecule has 0 aromatic heterocycles. The van der Waals surface area contributed by atoms with E-state index >= 15 is 0 Å². The van der Waals surface area contributed by atoms with E-state index in [0.717, 1.165) is 22.3 Å². The average molecular weight is 412 g/mol. The van der Waals surface area contributed by atoms with E-state index < -0.39 is 39.9 Å². The van der Waals surface area contributed by atoms with Gasteiger partial charge in [-0.3, -0.25) is 0 Å². The molecule has 0 atom stereocenters. The molecule has 6 heteroatoms. The molecule has 0 radical (unpaired) electrons. The zero-order valence-corrected chi connectivity index (χ0v) is 16.0. The minimum absolute atomic E-state index is 0.0392. The molecular formula is C25H16O6. The number of fused-ring (bicyclic) bond motifs is 10. The van der Waals surface area contributed by atoms with Gasteiger partial charge in [0.1, 0.15) is 0 Å². The Hall–Kier alpha value is -4.32. The third-order valence-electron chi connectivity index (χ3n) is 6.53. The molecular weight excluding hydrogens is 396 g/mol.